The van der Waals surface area contributed by atoms with Gasteiger partial charge < -0.3 is 5.32 Å². The maximum atomic E-state index is 4.21. The van der Waals surface area contributed by atoms with Crippen molar-refractivity contribution in [2.75, 3.05) is 5.32 Å². The molecular formula is C11H12N4. The van der Waals surface area contributed by atoms with Gasteiger partial charge in [0.1, 0.15) is 0 Å². The molecule has 0 aliphatic rings. The van der Waals surface area contributed by atoms with Crippen LogP contribution in [-0.2, 0) is 0 Å². The third kappa shape index (κ3) is 2.49. The molecule has 4 heteroatoms. The SMILES string of the molecule is Cc1cccc(Nc2nncc(C)n2)c1. The van der Waals surface area contributed by atoms with Gasteiger partial charge in [0, 0.05) is 5.69 Å². The first kappa shape index (κ1) is 9.58. The highest BCUT2D eigenvalue weighted by Gasteiger charge is 1.98. The van der Waals surface area contributed by atoms with Crippen LogP contribution in [-0.4, -0.2) is 15.2 Å². The third-order valence-electron chi connectivity index (χ3n) is 1.95. The molecule has 0 saturated carbocycles. The minimum Gasteiger partial charge on any atom is -0.323 e. The van der Waals surface area contributed by atoms with Crippen LogP contribution in [0.5, 0.6) is 0 Å². The van der Waals surface area contributed by atoms with Gasteiger partial charge in [0.2, 0.25) is 5.95 Å². The maximum Gasteiger partial charge on any atom is 0.247 e. The highest BCUT2D eigenvalue weighted by Crippen LogP contribution is 2.13. The number of anilines is 2. The molecule has 0 fully saturated rings. The molecule has 0 aliphatic heterocycles. The van der Waals surface area contributed by atoms with Gasteiger partial charge in [0.25, 0.3) is 0 Å². The summed E-state index contributed by atoms with van der Waals surface area (Å²) in [7, 11) is 0. The van der Waals surface area contributed by atoms with Crippen LogP contribution >= 0.6 is 0 Å². The van der Waals surface area contributed by atoms with Gasteiger partial charge in [-0.05, 0) is 31.5 Å². The Kier molecular flexibility index (Phi) is 2.58. The Labute approximate surface area is 88.4 Å². The quantitative estimate of drug-likeness (QED) is 0.807. The Morgan fingerprint density at radius 3 is 2.80 bits per heavy atom. The normalized spacial score (nSPS) is 10.0. The second-order valence-electron chi connectivity index (χ2n) is 3.42. The van der Waals surface area contributed by atoms with Crippen molar-refractivity contribution in [1.29, 1.82) is 0 Å². The van der Waals surface area contributed by atoms with E-state index in [0.717, 1.165) is 11.4 Å². The van der Waals surface area contributed by atoms with Gasteiger partial charge in [-0.2, -0.15) is 5.10 Å². The number of hydrogen-bond donors (Lipinski definition) is 1. The molecule has 2 rings (SSSR count). The van der Waals surface area contributed by atoms with E-state index in [1.54, 1.807) is 6.20 Å². The standard InChI is InChI=1S/C11H12N4/c1-8-4-3-5-10(6-8)14-11-13-9(2)7-12-15-11/h3-7H,1-2H3,(H,13,14,15). The first-order valence-electron chi connectivity index (χ1n) is 4.74. The fraction of sp³-hybridized carbons (Fsp3) is 0.182. The second kappa shape index (κ2) is 4.04. The summed E-state index contributed by atoms with van der Waals surface area (Å²) in [5.41, 5.74) is 3.02. The van der Waals surface area contributed by atoms with Crippen molar-refractivity contribution in [1.82, 2.24) is 15.2 Å². The van der Waals surface area contributed by atoms with Crippen molar-refractivity contribution in [2.24, 2.45) is 0 Å². The Bertz CT molecular complexity index is 424. The number of nitrogens with zero attached hydrogens (tertiary/aromatic N) is 3. The number of benzene rings is 1. The number of rotatable bonds is 2. The lowest BCUT2D eigenvalue weighted by molar-refractivity contribution is 0.949. The lowest BCUT2D eigenvalue weighted by atomic mass is 10.2. The molecule has 76 valence electrons. The molecule has 1 N–H and O–H groups in total. The molecule has 4 nitrogen and oxygen atoms in total. The van der Waals surface area contributed by atoms with E-state index in [2.05, 4.69) is 20.5 Å². The van der Waals surface area contributed by atoms with Crippen LogP contribution in [0, 0.1) is 13.8 Å². The van der Waals surface area contributed by atoms with E-state index >= 15 is 0 Å². The highest BCUT2D eigenvalue weighted by atomic mass is 15.2. The Morgan fingerprint density at radius 1 is 1.20 bits per heavy atom. The Morgan fingerprint density at radius 2 is 2.07 bits per heavy atom. The van der Waals surface area contributed by atoms with Crippen LogP contribution in [0.15, 0.2) is 30.5 Å². The molecule has 0 spiro atoms. The fourth-order valence-corrected chi connectivity index (χ4v) is 1.29. The average molecular weight is 200 g/mol. The predicted molar refractivity (Wildman–Crippen MR) is 59.0 cm³/mol. The van der Waals surface area contributed by atoms with E-state index in [0.29, 0.717) is 5.95 Å². The molecule has 0 bridgehead atoms. The summed E-state index contributed by atoms with van der Waals surface area (Å²) < 4.78 is 0. The van der Waals surface area contributed by atoms with E-state index in [9.17, 15) is 0 Å². The second-order valence-corrected chi connectivity index (χ2v) is 3.42. The van der Waals surface area contributed by atoms with E-state index in [4.69, 9.17) is 0 Å². The molecule has 15 heavy (non-hydrogen) atoms. The highest BCUT2D eigenvalue weighted by molar-refractivity contribution is 5.53. The van der Waals surface area contributed by atoms with Crippen LogP contribution in [0.2, 0.25) is 0 Å². The predicted octanol–water partition coefficient (Wildman–Crippen LogP) is 2.23. The molecule has 1 aromatic carbocycles. The monoisotopic (exact) mass is 200 g/mol. The smallest absolute Gasteiger partial charge is 0.247 e. The van der Waals surface area contributed by atoms with Crippen LogP contribution in [0.1, 0.15) is 11.3 Å². The van der Waals surface area contributed by atoms with E-state index in [-0.39, 0.29) is 0 Å². The zero-order chi connectivity index (χ0) is 10.7. The molecule has 2 aromatic rings. The molecule has 1 heterocycles. The van der Waals surface area contributed by atoms with Gasteiger partial charge in [-0.3, -0.25) is 0 Å². The van der Waals surface area contributed by atoms with Crippen LogP contribution in [0.3, 0.4) is 0 Å². The van der Waals surface area contributed by atoms with Gasteiger partial charge in [-0.25, -0.2) is 4.98 Å². The molecule has 0 atom stereocenters. The van der Waals surface area contributed by atoms with Gasteiger partial charge in [0.15, 0.2) is 0 Å². The fourth-order valence-electron chi connectivity index (χ4n) is 1.29. The molecule has 0 radical (unpaired) electrons. The van der Waals surface area contributed by atoms with Crippen LogP contribution in [0.25, 0.3) is 0 Å². The molecular weight excluding hydrogens is 188 g/mol. The van der Waals surface area contributed by atoms with Gasteiger partial charge in [0.05, 0.1) is 11.9 Å². The summed E-state index contributed by atoms with van der Waals surface area (Å²) in [6.45, 7) is 3.93. The van der Waals surface area contributed by atoms with E-state index in [1.807, 2.05) is 38.1 Å². The molecule has 0 unspecified atom stereocenters. The minimum atomic E-state index is 0.528. The number of hydrogen-bond acceptors (Lipinski definition) is 4. The molecule has 0 saturated heterocycles. The average Bonchev–Trinajstić information content (AvgIpc) is 2.17. The number of aromatic nitrogens is 3. The topological polar surface area (TPSA) is 50.7 Å². The van der Waals surface area contributed by atoms with Crippen molar-refractivity contribution < 1.29 is 0 Å². The van der Waals surface area contributed by atoms with Gasteiger partial charge in [-0.15, -0.1) is 5.10 Å². The molecule has 1 aromatic heterocycles. The molecule has 0 amide bonds. The summed E-state index contributed by atoms with van der Waals surface area (Å²) in [6.07, 6.45) is 1.63. The Hall–Kier alpha value is -1.97. The maximum absolute atomic E-state index is 4.21. The van der Waals surface area contributed by atoms with E-state index in [1.165, 1.54) is 5.56 Å². The summed E-state index contributed by atoms with van der Waals surface area (Å²) in [5, 5.41) is 10.8. The zero-order valence-electron chi connectivity index (χ0n) is 8.73. The van der Waals surface area contributed by atoms with Gasteiger partial charge >= 0.3 is 0 Å². The summed E-state index contributed by atoms with van der Waals surface area (Å²) in [5.74, 6) is 0.528. The lowest BCUT2D eigenvalue weighted by Gasteiger charge is -2.04. The first-order chi connectivity index (χ1) is 7.24. The molecule has 0 aliphatic carbocycles. The van der Waals surface area contributed by atoms with Crippen molar-refractivity contribution in [3.63, 3.8) is 0 Å². The largest absolute Gasteiger partial charge is 0.323 e. The summed E-state index contributed by atoms with van der Waals surface area (Å²) >= 11 is 0. The minimum absolute atomic E-state index is 0.528. The van der Waals surface area contributed by atoms with Crippen LogP contribution in [0.4, 0.5) is 11.6 Å². The zero-order valence-corrected chi connectivity index (χ0v) is 8.73. The van der Waals surface area contributed by atoms with Crippen molar-refractivity contribution in [3.05, 3.63) is 41.7 Å². The number of aryl methyl sites for hydroxylation is 2. The summed E-state index contributed by atoms with van der Waals surface area (Å²) in [4.78, 5) is 4.21. The van der Waals surface area contributed by atoms with Crippen molar-refractivity contribution in [2.45, 2.75) is 13.8 Å². The van der Waals surface area contributed by atoms with E-state index < -0.39 is 0 Å². The summed E-state index contributed by atoms with van der Waals surface area (Å²) in [6, 6.07) is 8.03. The lowest BCUT2D eigenvalue weighted by Crippen LogP contribution is -1.99. The van der Waals surface area contributed by atoms with Gasteiger partial charge in [-0.1, -0.05) is 12.1 Å². The van der Waals surface area contributed by atoms with Crippen molar-refractivity contribution in [3.8, 4) is 0 Å². The Balaban J connectivity index is 2.22. The number of nitrogens with one attached hydrogen (secondary N) is 1. The van der Waals surface area contributed by atoms with Crippen molar-refractivity contribution >= 4 is 11.6 Å². The van der Waals surface area contributed by atoms with Crippen LogP contribution < -0.4 is 5.32 Å². The third-order valence-corrected chi connectivity index (χ3v) is 1.95. The first-order valence-corrected chi connectivity index (χ1v) is 4.74.